The van der Waals surface area contributed by atoms with Crippen LogP contribution in [0.1, 0.15) is 37.0 Å². The lowest BCUT2D eigenvalue weighted by Gasteiger charge is -2.24. The van der Waals surface area contributed by atoms with Gasteiger partial charge in [-0.25, -0.2) is 0 Å². The van der Waals surface area contributed by atoms with Crippen molar-refractivity contribution in [2.45, 2.75) is 26.7 Å². The number of carbonyl (C=O) groups excluding carboxylic acids is 1. The molecule has 1 aromatic rings. The smallest absolute Gasteiger partial charge is 0.261 e. The molecular weight excluding hydrogens is 392 g/mol. The number of hydrogen-bond acceptors (Lipinski definition) is 4. The fraction of sp³-hybridized carbons (Fsp3) is 0.529. The molecule has 1 N–H and O–H groups in total. The quantitative estimate of drug-likeness (QED) is 0.492. The second kappa shape index (κ2) is 11.4. The van der Waals surface area contributed by atoms with Crippen LogP contribution in [0, 0.1) is 0 Å². The predicted molar refractivity (Wildman–Crippen MR) is 104 cm³/mol. The van der Waals surface area contributed by atoms with Crippen LogP contribution in [-0.2, 0) is 4.74 Å². The van der Waals surface area contributed by atoms with Crippen molar-refractivity contribution in [3.05, 3.63) is 28.2 Å². The third-order valence-corrected chi connectivity index (χ3v) is 4.08. The monoisotopic (exact) mass is 416 g/mol. The molecule has 1 rings (SSSR count). The third-order valence-electron chi connectivity index (χ3n) is 3.23. The molecule has 0 heterocycles. The molecular formula is C17H25BrN2O3S. The molecule has 0 atom stereocenters. The molecule has 0 spiro atoms. The zero-order chi connectivity index (χ0) is 17.9. The summed E-state index contributed by atoms with van der Waals surface area (Å²) in [5, 5.41) is 3.26. The molecule has 0 radical (unpaired) electrons. The van der Waals surface area contributed by atoms with E-state index in [0.717, 1.165) is 30.4 Å². The number of hydrogen-bond donors (Lipinski definition) is 1. The Labute approximate surface area is 157 Å². The zero-order valence-corrected chi connectivity index (χ0v) is 16.8. The molecule has 1 amide bonds. The van der Waals surface area contributed by atoms with Gasteiger partial charge >= 0.3 is 0 Å². The van der Waals surface area contributed by atoms with Gasteiger partial charge < -0.3 is 14.4 Å². The minimum absolute atomic E-state index is 0.272. The zero-order valence-electron chi connectivity index (χ0n) is 14.4. The maximum Gasteiger partial charge on any atom is 0.261 e. The SMILES string of the molecule is CCCN(CCC)C(=S)NC(=O)c1cc(Br)ccc1OCCOC. The van der Waals surface area contributed by atoms with Crippen molar-refractivity contribution < 1.29 is 14.3 Å². The summed E-state index contributed by atoms with van der Waals surface area (Å²) in [5.41, 5.74) is 0.441. The lowest BCUT2D eigenvalue weighted by molar-refractivity contribution is 0.0965. The molecule has 134 valence electrons. The van der Waals surface area contributed by atoms with Gasteiger partial charge in [0.1, 0.15) is 12.4 Å². The van der Waals surface area contributed by atoms with Crippen molar-refractivity contribution in [1.82, 2.24) is 10.2 Å². The summed E-state index contributed by atoms with van der Waals surface area (Å²) in [6, 6.07) is 5.31. The molecule has 0 aliphatic heterocycles. The molecule has 1 aromatic carbocycles. The van der Waals surface area contributed by atoms with E-state index < -0.39 is 0 Å². The Balaban J connectivity index is 2.85. The van der Waals surface area contributed by atoms with Crippen LogP contribution >= 0.6 is 28.1 Å². The number of rotatable bonds is 9. The summed E-state index contributed by atoms with van der Waals surface area (Å²) in [7, 11) is 1.60. The topological polar surface area (TPSA) is 50.8 Å². The Hall–Kier alpha value is -1.18. The van der Waals surface area contributed by atoms with Gasteiger partial charge in [0.05, 0.1) is 12.2 Å². The minimum Gasteiger partial charge on any atom is -0.490 e. The van der Waals surface area contributed by atoms with E-state index in [-0.39, 0.29) is 5.91 Å². The van der Waals surface area contributed by atoms with Crippen LogP contribution in [0.15, 0.2) is 22.7 Å². The molecule has 0 saturated heterocycles. The highest BCUT2D eigenvalue weighted by molar-refractivity contribution is 9.10. The van der Waals surface area contributed by atoms with Crippen molar-refractivity contribution in [3.63, 3.8) is 0 Å². The first-order valence-electron chi connectivity index (χ1n) is 8.05. The van der Waals surface area contributed by atoms with Gasteiger partial charge in [0, 0.05) is 24.7 Å². The van der Waals surface area contributed by atoms with Crippen molar-refractivity contribution in [3.8, 4) is 5.75 Å². The van der Waals surface area contributed by atoms with Crippen molar-refractivity contribution >= 4 is 39.2 Å². The van der Waals surface area contributed by atoms with E-state index in [2.05, 4.69) is 35.1 Å². The molecule has 0 fully saturated rings. The Kier molecular flexibility index (Phi) is 9.90. The van der Waals surface area contributed by atoms with Crippen LogP contribution in [0.3, 0.4) is 0 Å². The highest BCUT2D eigenvalue weighted by atomic mass is 79.9. The normalized spacial score (nSPS) is 10.3. The second-order valence-electron chi connectivity index (χ2n) is 5.23. The highest BCUT2D eigenvalue weighted by Gasteiger charge is 2.17. The fourth-order valence-corrected chi connectivity index (χ4v) is 2.78. The van der Waals surface area contributed by atoms with E-state index in [1.54, 1.807) is 19.2 Å². The van der Waals surface area contributed by atoms with E-state index in [4.69, 9.17) is 21.7 Å². The van der Waals surface area contributed by atoms with E-state index in [1.807, 2.05) is 11.0 Å². The third kappa shape index (κ3) is 6.75. The number of benzene rings is 1. The molecule has 5 nitrogen and oxygen atoms in total. The van der Waals surface area contributed by atoms with Gasteiger partial charge in [0.25, 0.3) is 5.91 Å². The number of thiocarbonyl (C=S) groups is 1. The first-order valence-corrected chi connectivity index (χ1v) is 9.25. The maximum absolute atomic E-state index is 12.6. The molecule has 0 aliphatic carbocycles. The van der Waals surface area contributed by atoms with Gasteiger partial charge in [-0.2, -0.15) is 0 Å². The van der Waals surface area contributed by atoms with Crippen molar-refractivity contribution in [2.75, 3.05) is 33.4 Å². The average Bonchev–Trinajstić information content (AvgIpc) is 2.56. The van der Waals surface area contributed by atoms with E-state index in [1.165, 1.54) is 0 Å². The molecule has 0 aliphatic rings. The summed E-state index contributed by atoms with van der Waals surface area (Å²) in [6.45, 7) is 6.65. The van der Waals surface area contributed by atoms with Crippen LogP contribution in [0.5, 0.6) is 5.75 Å². The van der Waals surface area contributed by atoms with E-state index >= 15 is 0 Å². The standard InChI is InChI=1S/C17H25BrN2O3S/c1-4-8-20(9-5-2)17(24)19-16(21)14-12-13(18)6-7-15(14)23-11-10-22-3/h6-7,12H,4-5,8-11H2,1-3H3,(H,19,21,24). The Morgan fingerprint density at radius 3 is 2.50 bits per heavy atom. The number of carbonyl (C=O) groups is 1. The van der Waals surface area contributed by atoms with Crippen LogP contribution < -0.4 is 10.1 Å². The first-order chi connectivity index (χ1) is 11.5. The van der Waals surface area contributed by atoms with Gasteiger partial charge in [-0.3, -0.25) is 10.1 Å². The predicted octanol–water partition coefficient (Wildman–Crippen LogP) is 3.61. The number of nitrogens with zero attached hydrogens (tertiary/aromatic N) is 1. The van der Waals surface area contributed by atoms with Gasteiger partial charge in [0.15, 0.2) is 5.11 Å². The summed E-state index contributed by atoms with van der Waals surface area (Å²) in [5.74, 6) is 0.235. The van der Waals surface area contributed by atoms with Gasteiger partial charge in [0.2, 0.25) is 0 Å². The second-order valence-corrected chi connectivity index (χ2v) is 6.53. The lowest BCUT2D eigenvalue weighted by Crippen LogP contribution is -2.43. The van der Waals surface area contributed by atoms with Crippen LogP contribution in [0.2, 0.25) is 0 Å². The number of amides is 1. The largest absolute Gasteiger partial charge is 0.490 e. The van der Waals surface area contributed by atoms with E-state index in [9.17, 15) is 4.79 Å². The summed E-state index contributed by atoms with van der Waals surface area (Å²) >= 11 is 8.77. The number of nitrogens with one attached hydrogen (secondary N) is 1. The Morgan fingerprint density at radius 2 is 1.92 bits per heavy atom. The Bertz CT molecular complexity index is 549. The fourth-order valence-electron chi connectivity index (χ4n) is 2.14. The molecule has 24 heavy (non-hydrogen) atoms. The van der Waals surface area contributed by atoms with Crippen LogP contribution in [0.25, 0.3) is 0 Å². The molecule has 0 aromatic heterocycles. The molecule has 0 saturated carbocycles. The molecule has 0 unspecified atom stereocenters. The Morgan fingerprint density at radius 1 is 1.25 bits per heavy atom. The van der Waals surface area contributed by atoms with Gasteiger partial charge in [-0.1, -0.05) is 29.8 Å². The van der Waals surface area contributed by atoms with Gasteiger partial charge in [-0.05, 0) is 43.3 Å². The molecule has 0 bridgehead atoms. The number of halogens is 1. The number of ether oxygens (including phenoxy) is 2. The van der Waals surface area contributed by atoms with Crippen molar-refractivity contribution in [2.24, 2.45) is 0 Å². The summed E-state index contributed by atoms with van der Waals surface area (Å²) in [4.78, 5) is 14.6. The van der Waals surface area contributed by atoms with Crippen LogP contribution in [0.4, 0.5) is 0 Å². The van der Waals surface area contributed by atoms with Crippen molar-refractivity contribution in [1.29, 1.82) is 0 Å². The van der Waals surface area contributed by atoms with E-state index in [0.29, 0.717) is 29.6 Å². The average molecular weight is 417 g/mol. The minimum atomic E-state index is -0.272. The molecule has 7 heteroatoms. The van der Waals surface area contributed by atoms with Gasteiger partial charge in [-0.15, -0.1) is 0 Å². The first kappa shape index (κ1) is 20.9. The summed E-state index contributed by atoms with van der Waals surface area (Å²) in [6.07, 6.45) is 1.94. The number of methoxy groups -OCH3 is 1. The maximum atomic E-state index is 12.6. The lowest BCUT2D eigenvalue weighted by atomic mass is 10.2. The highest BCUT2D eigenvalue weighted by Crippen LogP contribution is 2.23. The summed E-state index contributed by atoms with van der Waals surface area (Å²) < 4.78 is 11.4. The van der Waals surface area contributed by atoms with Crippen LogP contribution in [-0.4, -0.2) is 49.3 Å².